The lowest BCUT2D eigenvalue weighted by Gasteiger charge is -2.12. The Morgan fingerprint density at radius 1 is 1.05 bits per heavy atom. The third-order valence-corrected chi connectivity index (χ3v) is 3.38. The van der Waals surface area contributed by atoms with E-state index in [1.165, 1.54) is 0 Å². The highest BCUT2D eigenvalue weighted by molar-refractivity contribution is 7.80. The number of carboxylic acid groups (broad SMARTS) is 1. The van der Waals surface area contributed by atoms with Gasteiger partial charge in [0.15, 0.2) is 0 Å². The quantitative estimate of drug-likeness (QED) is 0.743. The van der Waals surface area contributed by atoms with E-state index in [4.69, 9.17) is 5.11 Å². The van der Waals surface area contributed by atoms with Crippen molar-refractivity contribution in [1.29, 1.82) is 0 Å². The first-order valence-corrected chi connectivity index (χ1v) is 7.05. The second-order valence-electron chi connectivity index (χ2n) is 4.49. The standard InChI is InChI=1S/C16H15NO3S/c18-15(17-14(10-21)16(19)20)13-8-4-7-12(9-13)11-5-2-1-3-6-11/h1-9,14,21H,10H2,(H,17,18)(H,19,20)/t14-/m0/s1. The first-order valence-electron chi connectivity index (χ1n) is 6.42. The number of carboxylic acids is 1. The molecule has 0 saturated heterocycles. The molecule has 0 saturated carbocycles. The molecule has 0 radical (unpaired) electrons. The minimum absolute atomic E-state index is 0.0411. The van der Waals surface area contributed by atoms with Gasteiger partial charge in [0.25, 0.3) is 5.91 Å². The Balaban J connectivity index is 2.21. The number of nitrogens with one attached hydrogen (secondary N) is 1. The molecule has 1 amide bonds. The van der Waals surface area contributed by atoms with Crippen molar-refractivity contribution in [3.63, 3.8) is 0 Å². The summed E-state index contributed by atoms with van der Waals surface area (Å²) in [7, 11) is 0. The molecule has 0 unspecified atom stereocenters. The molecule has 0 aliphatic carbocycles. The van der Waals surface area contributed by atoms with Crippen LogP contribution in [0.1, 0.15) is 10.4 Å². The largest absolute Gasteiger partial charge is 0.480 e. The van der Waals surface area contributed by atoms with E-state index in [1.54, 1.807) is 18.2 Å². The summed E-state index contributed by atoms with van der Waals surface area (Å²) < 4.78 is 0. The molecular formula is C16H15NO3S. The minimum atomic E-state index is -1.10. The van der Waals surface area contributed by atoms with E-state index in [1.807, 2.05) is 36.4 Å². The van der Waals surface area contributed by atoms with Crippen molar-refractivity contribution in [2.75, 3.05) is 5.75 Å². The van der Waals surface area contributed by atoms with E-state index in [2.05, 4.69) is 17.9 Å². The van der Waals surface area contributed by atoms with Crippen molar-refractivity contribution >= 4 is 24.5 Å². The fourth-order valence-corrected chi connectivity index (χ4v) is 2.15. The predicted molar refractivity (Wildman–Crippen MR) is 84.6 cm³/mol. The highest BCUT2D eigenvalue weighted by Gasteiger charge is 2.19. The van der Waals surface area contributed by atoms with E-state index < -0.39 is 17.9 Å². The Labute approximate surface area is 128 Å². The van der Waals surface area contributed by atoms with Crippen LogP contribution in [0.25, 0.3) is 11.1 Å². The van der Waals surface area contributed by atoms with Gasteiger partial charge in [-0.25, -0.2) is 4.79 Å². The molecule has 2 aromatic carbocycles. The van der Waals surface area contributed by atoms with Gasteiger partial charge in [-0.1, -0.05) is 42.5 Å². The summed E-state index contributed by atoms with van der Waals surface area (Å²) in [5, 5.41) is 11.4. The molecule has 0 spiro atoms. The summed E-state index contributed by atoms with van der Waals surface area (Å²) >= 11 is 3.92. The zero-order valence-electron chi connectivity index (χ0n) is 11.2. The molecule has 21 heavy (non-hydrogen) atoms. The Bertz CT molecular complexity index is 643. The maximum Gasteiger partial charge on any atom is 0.327 e. The molecule has 0 aliphatic heterocycles. The molecule has 0 aromatic heterocycles. The average Bonchev–Trinajstić information content (AvgIpc) is 2.53. The van der Waals surface area contributed by atoms with Crippen LogP contribution in [-0.4, -0.2) is 28.8 Å². The van der Waals surface area contributed by atoms with Crippen LogP contribution in [0.2, 0.25) is 0 Å². The fraction of sp³-hybridized carbons (Fsp3) is 0.125. The Morgan fingerprint density at radius 2 is 1.71 bits per heavy atom. The Kier molecular flexibility index (Phi) is 5.00. The smallest absolute Gasteiger partial charge is 0.327 e. The monoisotopic (exact) mass is 301 g/mol. The summed E-state index contributed by atoms with van der Waals surface area (Å²) in [5.41, 5.74) is 2.32. The van der Waals surface area contributed by atoms with Crippen molar-refractivity contribution in [2.24, 2.45) is 0 Å². The molecule has 2 aromatic rings. The van der Waals surface area contributed by atoms with Gasteiger partial charge in [-0.2, -0.15) is 12.6 Å². The van der Waals surface area contributed by atoms with Crippen LogP contribution < -0.4 is 5.32 Å². The van der Waals surface area contributed by atoms with Gasteiger partial charge in [-0.15, -0.1) is 0 Å². The molecule has 2 rings (SSSR count). The first kappa shape index (κ1) is 15.1. The topological polar surface area (TPSA) is 66.4 Å². The molecule has 108 valence electrons. The summed E-state index contributed by atoms with van der Waals surface area (Å²) in [6.07, 6.45) is 0. The van der Waals surface area contributed by atoms with E-state index in [0.29, 0.717) is 5.56 Å². The van der Waals surface area contributed by atoms with Crippen LogP contribution in [0.4, 0.5) is 0 Å². The molecule has 2 N–H and O–H groups in total. The summed E-state index contributed by atoms with van der Waals surface area (Å²) in [4.78, 5) is 23.0. The van der Waals surface area contributed by atoms with Crippen LogP contribution in [0.5, 0.6) is 0 Å². The van der Waals surface area contributed by atoms with Crippen LogP contribution in [0.15, 0.2) is 54.6 Å². The SMILES string of the molecule is O=C(N[C@@H](CS)C(=O)O)c1cccc(-c2ccccc2)c1. The van der Waals surface area contributed by atoms with Gasteiger partial charge in [-0.05, 0) is 23.3 Å². The van der Waals surface area contributed by atoms with E-state index in [0.717, 1.165) is 11.1 Å². The maximum atomic E-state index is 12.1. The number of benzene rings is 2. The molecule has 1 atom stereocenters. The minimum Gasteiger partial charge on any atom is -0.480 e. The summed E-state index contributed by atoms with van der Waals surface area (Å²) in [5.74, 6) is -1.48. The van der Waals surface area contributed by atoms with Crippen LogP contribution in [-0.2, 0) is 4.79 Å². The molecule has 4 nitrogen and oxygen atoms in total. The lowest BCUT2D eigenvalue weighted by atomic mass is 10.0. The number of hydrogen-bond donors (Lipinski definition) is 3. The Hall–Kier alpha value is -2.27. The number of amides is 1. The highest BCUT2D eigenvalue weighted by atomic mass is 32.1. The summed E-state index contributed by atoms with van der Waals surface area (Å²) in [6.45, 7) is 0. The van der Waals surface area contributed by atoms with Crippen molar-refractivity contribution < 1.29 is 14.7 Å². The highest BCUT2D eigenvalue weighted by Crippen LogP contribution is 2.20. The molecular weight excluding hydrogens is 286 g/mol. The number of rotatable bonds is 5. The molecule has 5 heteroatoms. The zero-order chi connectivity index (χ0) is 15.2. The number of carbonyl (C=O) groups excluding carboxylic acids is 1. The third-order valence-electron chi connectivity index (χ3n) is 3.02. The van der Waals surface area contributed by atoms with Gasteiger partial charge in [0.05, 0.1) is 0 Å². The van der Waals surface area contributed by atoms with Crippen LogP contribution >= 0.6 is 12.6 Å². The fourth-order valence-electron chi connectivity index (χ4n) is 1.90. The zero-order valence-corrected chi connectivity index (χ0v) is 12.1. The van der Waals surface area contributed by atoms with Gasteiger partial charge in [0.1, 0.15) is 6.04 Å². The first-order chi connectivity index (χ1) is 10.1. The number of aliphatic carboxylic acids is 1. The van der Waals surface area contributed by atoms with Crippen molar-refractivity contribution in [3.05, 3.63) is 60.2 Å². The summed E-state index contributed by atoms with van der Waals surface area (Å²) in [6, 6.07) is 15.7. The molecule has 0 bridgehead atoms. The second-order valence-corrected chi connectivity index (χ2v) is 4.86. The second kappa shape index (κ2) is 6.95. The van der Waals surface area contributed by atoms with Crippen LogP contribution in [0, 0.1) is 0 Å². The normalized spacial score (nSPS) is 11.7. The van der Waals surface area contributed by atoms with E-state index in [9.17, 15) is 9.59 Å². The van der Waals surface area contributed by atoms with Gasteiger partial charge in [0.2, 0.25) is 0 Å². The van der Waals surface area contributed by atoms with E-state index in [-0.39, 0.29) is 5.75 Å². The van der Waals surface area contributed by atoms with Crippen LogP contribution in [0.3, 0.4) is 0 Å². The van der Waals surface area contributed by atoms with Crippen molar-refractivity contribution in [3.8, 4) is 11.1 Å². The third kappa shape index (κ3) is 3.86. The molecule has 0 heterocycles. The molecule has 0 aliphatic rings. The molecule has 0 fully saturated rings. The average molecular weight is 301 g/mol. The van der Waals surface area contributed by atoms with E-state index >= 15 is 0 Å². The lowest BCUT2D eigenvalue weighted by Crippen LogP contribution is -2.42. The maximum absolute atomic E-state index is 12.1. The lowest BCUT2D eigenvalue weighted by molar-refractivity contribution is -0.138. The predicted octanol–water partition coefficient (Wildman–Crippen LogP) is 2.47. The van der Waals surface area contributed by atoms with Crippen molar-refractivity contribution in [1.82, 2.24) is 5.32 Å². The van der Waals surface area contributed by atoms with Crippen molar-refractivity contribution in [2.45, 2.75) is 6.04 Å². The number of thiol groups is 1. The van der Waals surface area contributed by atoms with Gasteiger partial charge < -0.3 is 10.4 Å². The van der Waals surface area contributed by atoms with Gasteiger partial charge in [-0.3, -0.25) is 4.79 Å². The van der Waals surface area contributed by atoms with Gasteiger partial charge >= 0.3 is 5.97 Å². The Morgan fingerprint density at radius 3 is 2.33 bits per heavy atom. The number of hydrogen-bond acceptors (Lipinski definition) is 3. The number of carbonyl (C=O) groups is 2. The van der Waals surface area contributed by atoms with Gasteiger partial charge in [0, 0.05) is 11.3 Å².